The first kappa shape index (κ1) is 13.9. The van der Waals surface area contributed by atoms with Gasteiger partial charge < -0.3 is 15.3 Å². The topological polar surface area (TPSA) is 69.6 Å². The Morgan fingerprint density at radius 2 is 1.78 bits per heavy atom. The van der Waals surface area contributed by atoms with Gasteiger partial charge in [-0.05, 0) is 12.1 Å². The molecule has 0 radical (unpaired) electrons. The van der Waals surface area contributed by atoms with Crippen LogP contribution in [0.1, 0.15) is 10.4 Å². The molecule has 2 N–H and O–H groups in total. The summed E-state index contributed by atoms with van der Waals surface area (Å²) in [4.78, 5) is 23.1. The first-order valence-electron chi connectivity index (χ1n) is 4.99. The lowest BCUT2D eigenvalue weighted by molar-refractivity contribution is -0.126. The number of carboxylic acid groups (broad SMARTS) is 1. The second-order valence-corrected chi connectivity index (χ2v) is 3.76. The molecule has 0 saturated carbocycles. The van der Waals surface area contributed by atoms with Crippen molar-refractivity contribution in [3.8, 4) is 0 Å². The number of halogens is 2. The number of carboxylic acids is 1. The number of aromatic carboxylic acids is 1. The summed E-state index contributed by atoms with van der Waals surface area (Å²) in [7, 11) is 3.01. The summed E-state index contributed by atoms with van der Waals surface area (Å²) in [5, 5.41) is 10.9. The maximum absolute atomic E-state index is 13.4. The molecule has 1 aromatic carbocycles. The lowest BCUT2D eigenvalue weighted by atomic mass is 10.2. The number of rotatable bonds is 4. The third kappa shape index (κ3) is 3.16. The van der Waals surface area contributed by atoms with E-state index in [0.717, 1.165) is 0 Å². The maximum atomic E-state index is 13.4. The molecule has 0 aliphatic rings. The number of hydrogen-bond acceptors (Lipinski definition) is 3. The Balaban J connectivity index is 2.91. The quantitative estimate of drug-likeness (QED) is 0.850. The molecule has 18 heavy (non-hydrogen) atoms. The van der Waals surface area contributed by atoms with E-state index in [4.69, 9.17) is 5.11 Å². The van der Waals surface area contributed by atoms with Crippen molar-refractivity contribution >= 4 is 17.6 Å². The fourth-order valence-corrected chi connectivity index (χ4v) is 1.19. The molecule has 0 aliphatic carbocycles. The smallest absolute Gasteiger partial charge is 0.335 e. The molecule has 0 unspecified atom stereocenters. The van der Waals surface area contributed by atoms with Gasteiger partial charge in [0.2, 0.25) is 5.91 Å². The number of carbonyl (C=O) groups excluding carboxylic acids is 1. The fraction of sp³-hybridized carbons (Fsp3) is 0.273. The number of nitrogens with zero attached hydrogens (tertiary/aromatic N) is 1. The predicted octanol–water partition coefficient (Wildman–Crippen LogP) is 1.16. The van der Waals surface area contributed by atoms with Gasteiger partial charge in [-0.2, -0.15) is 0 Å². The van der Waals surface area contributed by atoms with Gasteiger partial charge in [0.25, 0.3) is 0 Å². The van der Waals surface area contributed by atoms with E-state index in [0.29, 0.717) is 12.1 Å². The van der Waals surface area contributed by atoms with Crippen LogP contribution in [-0.4, -0.2) is 42.5 Å². The van der Waals surface area contributed by atoms with Crippen LogP contribution in [0.5, 0.6) is 0 Å². The summed E-state index contributed by atoms with van der Waals surface area (Å²) in [5.74, 6) is -3.90. The monoisotopic (exact) mass is 258 g/mol. The summed E-state index contributed by atoms with van der Waals surface area (Å²) in [6.45, 7) is -0.284. The highest BCUT2D eigenvalue weighted by Gasteiger charge is 2.15. The predicted molar refractivity (Wildman–Crippen MR) is 60.5 cm³/mol. The average Bonchev–Trinajstić information content (AvgIpc) is 2.26. The Kier molecular flexibility index (Phi) is 4.19. The van der Waals surface area contributed by atoms with Gasteiger partial charge in [0.1, 0.15) is 17.3 Å². The van der Waals surface area contributed by atoms with Crippen LogP contribution < -0.4 is 5.32 Å². The van der Waals surface area contributed by atoms with Crippen molar-refractivity contribution in [2.45, 2.75) is 0 Å². The Morgan fingerprint density at radius 1 is 1.28 bits per heavy atom. The van der Waals surface area contributed by atoms with Crippen molar-refractivity contribution in [1.29, 1.82) is 0 Å². The molecule has 1 rings (SSSR count). The van der Waals surface area contributed by atoms with E-state index in [2.05, 4.69) is 5.32 Å². The molecule has 0 fully saturated rings. The minimum atomic E-state index is -1.43. The van der Waals surface area contributed by atoms with Crippen molar-refractivity contribution < 1.29 is 23.5 Å². The van der Waals surface area contributed by atoms with E-state index in [1.54, 1.807) is 0 Å². The van der Waals surface area contributed by atoms with Crippen molar-refractivity contribution in [3.05, 3.63) is 29.3 Å². The highest BCUT2D eigenvalue weighted by atomic mass is 19.1. The first-order valence-corrected chi connectivity index (χ1v) is 4.99. The second kappa shape index (κ2) is 5.44. The summed E-state index contributed by atoms with van der Waals surface area (Å²) in [6.07, 6.45) is 0. The van der Waals surface area contributed by atoms with Crippen LogP contribution in [0.2, 0.25) is 0 Å². The largest absolute Gasteiger partial charge is 0.478 e. The summed E-state index contributed by atoms with van der Waals surface area (Å²) < 4.78 is 26.9. The molecule has 1 amide bonds. The summed E-state index contributed by atoms with van der Waals surface area (Å²) in [6, 6.07) is 1.38. The summed E-state index contributed by atoms with van der Waals surface area (Å²) >= 11 is 0. The maximum Gasteiger partial charge on any atom is 0.335 e. The molecule has 0 bridgehead atoms. The molecule has 0 aromatic heterocycles. The summed E-state index contributed by atoms with van der Waals surface area (Å²) in [5.41, 5.74) is -1.01. The van der Waals surface area contributed by atoms with E-state index in [1.165, 1.54) is 19.0 Å². The van der Waals surface area contributed by atoms with E-state index >= 15 is 0 Å². The SMILES string of the molecule is CN(C)C(=O)CNc1c(F)cc(C(=O)O)cc1F. The van der Waals surface area contributed by atoms with Gasteiger partial charge >= 0.3 is 5.97 Å². The van der Waals surface area contributed by atoms with Crippen molar-refractivity contribution in [3.63, 3.8) is 0 Å². The van der Waals surface area contributed by atoms with Gasteiger partial charge in [-0.25, -0.2) is 13.6 Å². The van der Waals surface area contributed by atoms with Crippen molar-refractivity contribution in [2.24, 2.45) is 0 Å². The molecule has 0 aliphatic heterocycles. The minimum Gasteiger partial charge on any atom is -0.478 e. The molecule has 98 valence electrons. The van der Waals surface area contributed by atoms with Gasteiger partial charge in [-0.3, -0.25) is 4.79 Å². The zero-order valence-corrected chi connectivity index (χ0v) is 9.83. The van der Waals surface area contributed by atoms with E-state index in [-0.39, 0.29) is 12.5 Å². The van der Waals surface area contributed by atoms with Crippen LogP contribution in [-0.2, 0) is 4.79 Å². The zero-order valence-electron chi connectivity index (χ0n) is 9.83. The molecular weight excluding hydrogens is 246 g/mol. The number of carbonyl (C=O) groups is 2. The van der Waals surface area contributed by atoms with E-state index in [1.807, 2.05) is 0 Å². The van der Waals surface area contributed by atoms with Crippen LogP contribution >= 0.6 is 0 Å². The van der Waals surface area contributed by atoms with E-state index < -0.39 is 28.9 Å². The van der Waals surface area contributed by atoms with Crippen LogP contribution in [0.15, 0.2) is 12.1 Å². The number of hydrogen-bond donors (Lipinski definition) is 2. The molecule has 0 heterocycles. The molecule has 5 nitrogen and oxygen atoms in total. The Labute approximate surface area is 102 Å². The lowest BCUT2D eigenvalue weighted by Gasteiger charge is -2.13. The molecule has 0 saturated heterocycles. The third-order valence-electron chi connectivity index (χ3n) is 2.20. The van der Waals surface area contributed by atoms with Crippen molar-refractivity contribution in [2.75, 3.05) is 26.0 Å². The van der Waals surface area contributed by atoms with Gasteiger partial charge in [0.15, 0.2) is 0 Å². The zero-order chi connectivity index (χ0) is 13.9. The Bertz CT molecular complexity index is 466. The van der Waals surface area contributed by atoms with Crippen LogP contribution in [0.4, 0.5) is 14.5 Å². The van der Waals surface area contributed by atoms with Gasteiger partial charge in [0.05, 0.1) is 12.1 Å². The normalized spacial score (nSPS) is 10.0. The second-order valence-electron chi connectivity index (χ2n) is 3.76. The van der Waals surface area contributed by atoms with Crippen LogP contribution in [0.25, 0.3) is 0 Å². The van der Waals surface area contributed by atoms with Crippen LogP contribution in [0.3, 0.4) is 0 Å². The third-order valence-corrected chi connectivity index (χ3v) is 2.20. The molecular formula is C11H12F2N2O3. The molecule has 0 spiro atoms. The average molecular weight is 258 g/mol. The Morgan fingerprint density at radius 3 is 2.17 bits per heavy atom. The number of amides is 1. The van der Waals surface area contributed by atoms with Gasteiger partial charge in [-0.1, -0.05) is 0 Å². The number of likely N-dealkylation sites (N-methyl/N-ethyl adjacent to an activating group) is 1. The molecule has 1 aromatic rings. The highest BCUT2D eigenvalue weighted by molar-refractivity contribution is 5.88. The van der Waals surface area contributed by atoms with E-state index in [9.17, 15) is 18.4 Å². The number of benzene rings is 1. The first-order chi connectivity index (χ1) is 8.32. The van der Waals surface area contributed by atoms with Crippen molar-refractivity contribution in [1.82, 2.24) is 4.90 Å². The molecule has 0 atom stereocenters. The molecule has 7 heteroatoms. The minimum absolute atomic E-state index is 0.284. The number of nitrogens with one attached hydrogen (secondary N) is 1. The number of anilines is 1. The van der Waals surface area contributed by atoms with Crippen LogP contribution in [0, 0.1) is 11.6 Å². The Hall–Kier alpha value is -2.18. The van der Waals surface area contributed by atoms with Gasteiger partial charge in [0, 0.05) is 14.1 Å². The van der Waals surface area contributed by atoms with Gasteiger partial charge in [-0.15, -0.1) is 0 Å². The highest BCUT2D eigenvalue weighted by Crippen LogP contribution is 2.20. The fourth-order valence-electron chi connectivity index (χ4n) is 1.19. The lowest BCUT2D eigenvalue weighted by Crippen LogP contribution is -2.29. The standard InChI is InChI=1S/C11H12F2N2O3/c1-15(2)9(16)5-14-10-7(12)3-6(11(17)18)4-8(10)13/h3-4,14H,5H2,1-2H3,(H,17,18).